The largest absolute Gasteiger partial charge is 0.481 e. The zero-order valence-corrected chi connectivity index (χ0v) is 23.2. The molecule has 5 aliphatic carbocycles. The Balaban J connectivity index is 1.64. The van der Waals surface area contributed by atoms with Crippen molar-refractivity contribution in [3.63, 3.8) is 0 Å². The summed E-state index contributed by atoms with van der Waals surface area (Å²) in [6.45, 7) is 10.3. The highest BCUT2D eigenvalue weighted by Gasteiger charge is 2.72. The summed E-state index contributed by atoms with van der Waals surface area (Å²) in [7, 11) is 0. The first kappa shape index (κ1) is 27.6. The number of aliphatic hydroxyl groups excluding tert-OH is 5. The minimum absolute atomic E-state index is 0.00467. The standard InChI is InChI=1S/C30H48O7/c1-25(2)10-11-30(24(36)37)18(12-25)17-6-7-20-26(3)13-19(33)23(35)29(15-31,16-32)21(26)8-9-27(20,4)28(17,5)14-22(30)34/h6,18-23,31-35H,7-16H2,1-5H3,(H,36,37)/t18-,19?,20-,21+,22?,23?,26+,27+,28+,30+/m0/s1. The van der Waals surface area contributed by atoms with Gasteiger partial charge in [0.1, 0.15) is 5.41 Å². The van der Waals surface area contributed by atoms with E-state index in [2.05, 4.69) is 40.7 Å². The van der Waals surface area contributed by atoms with E-state index in [4.69, 9.17) is 0 Å². The minimum Gasteiger partial charge on any atom is -0.481 e. The molecule has 0 aromatic carbocycles. The van der Waals surface area contributed by atoms with E-state index in [0.717, 1.165) is 25.7 Å². The Morgan fingerprint density at radius 3 is 2.16 bits per heavy atom. The van der Waals surface area contributed by atoms with E-state index in [9.17, 15) is 35.4 Å². The molecule has 0 saturated heterocycles. The summed E-state index contributed by atoms with van der Waals surface area (Å²) in [6, 6.07) is 0. The van der Waals surface area contributed by atoms with Gasteiger partial charge in [-0.25, -0.2) is 0 Å². The van der Waals surface area contributed by atoms with Crippen molar-refractivity contribution in [3.8, 4) is 0 Å². The van der Waals surface area contributed by atoms with Gasteiger partial charge in [0.05, 0.1) is 31.5 Å². The third kappa shape index (κ3) is 3.21. The van der Waals surface area contributed by atoms with Crippen LogP contribution in [0.3, 0.4) is 0 Å². The van der Waals surface area contributed by atoms with Crippen LogP contribution in [0.1, 0.15) is 86.0 Å². The molecule has 0 heterocycles. The summed E-state index contributed by atoms with van der Waals surface area (Å²) in [6.07, 6.45) is 4.08. The Labute approximate surface area is 221 Å². The summed E-state index contributed by atoms with van der Waals surface area (Å²) in [4.78, 5) is 12.8. The zero-order chi connectivity index (χ0) is 27.4. The number of hydrogen-bond acceptors (Lipinski definition) is 6. The lowest BCUT2D eigenvalue weighted by molar-refractivity contribution is -0.260. The molecule has 0 radical (unpaired) electrons. The molecule has 0 bridgehead atoms. The van der Waals surface area contributed by atoms with Gasteiger partial charge in [0, 0.05) is 5.41 Å². The summed E-state index contributed by atoms with van der Waals surface area (Å²) in [5.41, 5.74) is -2.26. The molecule has 7 heteroatoms. The number of carboxylic acids is 1. The Kier molecular flexibility index (Phi) is 6.16. The van der Waals surface area contributed by atoms with Crippen LogP contribution in [0.25, 0.3) is 0 Å². The second kappa shape index (κ2) is 8.26. The van der Waals surface area contributed by atoms with Gasteiger partial charge >= 0.3 is 5.97 Å². The van der Waals surface area contributed by atoms with E-state index in [1.165, 1.54) is 5.57 Å². The second-order valence-corrected chi connectivity index (χ2v) is 15.0. The van der Waals surface area contributed by atoms with Crippen molar-refractivity contribution >= 4 is 5.97 Å². The minimum atomic E-state index is -1.19. The number of hydrogen-bond donors (Lipinski definition) is 6. The second-order valence-electron chi connectivity index (χ2n) is 15.0. The van der Waals surface area contributed by atoms with Crippen molar-refractivity contribution in [2.45, 2.75) is 104 Å². The highest BCUT2D eigenvalue weighted by atomic mass is 16.4. The van der Waals surface area contributed by atoms with E-state index in [-0.39, 0.29) is 41.8 Å². The monoisotopic (exact) mass is 520 g/mol. The summed E-state index contributed by atoms with van der Waals surface area (Å²) in [5, 5.41) is 65.1. The molecule has 5 rings (SSSR count). The molecule has 7 nitrogen and oxygen atoms in total. The van der Waals surface area contributed by atoms with Crippen molar-refractivity contribution in [3.05, 3.63) is 11.6 Å². The topological polar surface area (TPSA) is 138 Å². The average Bonchev–Trinajstić information content (AvgIpc) is 2.80. The van der Waals surface area contributed by atoms with Gasteiger partial charge in [0.25, 0.3) is 0 Å². The van der Waals surface area contributed by atoms with Gasteiger partial charge in [-0.1, -0.05) is 46.3 Å². The molecular weight excluding hydrogens is 472 g/mol. The predicted octanol–water partition coefficient (Wildman–Crippen LogP) is 3.12. The van der Waals surface area contributed by atoms with Crippen molar-refractivity contribution in [2.24, 2.45) is 50.2 Å². The lowest BCUT2D eigenvalue weighted by Gasteiger charge is -2.72. The number of aliphatic hydroxyl groups is 5. The molecular formula is C30H48O7. The van der Waals surface area contributed by atoms with Crippen LogP contribution in [0.2, 0.25) is 0 Å². The zero-order valence-electron chi connectivity index (χ0n) is 23.2. The molecule has 37 heavy (non-hydrogen) atoms. The fourth-order valence-corrected chi connectivity index (χ4v) is 10.9. The number of rotatable bonds is 3. The summed E-state index contributed by atoms with van der Waals surface area (Å²) in [5.74, 6) is -1.18. The molecule has 6 N–H and O–H groups in total. The molecule has 4 fully saturated rings. The van der Waals surface area contributed by atoms with E-state index in [1.807, 2.05) is 0 Å². The van der Waals surface area contributed by atoms with Crippen LogP contribution in [0.15, 0.2) is 11.6 Å². The maximum Gasteiger partial charge on any atom is 0.312 e. The van der Waals surface area contributed by atoms with Gasteiger partial charge < -0.3 is 30.6 Å². The first-order valence-corrected chi connectivity index (χ1v) is 14.3. The van der Waals surface area contributed by atoms with Crippen LogP contribution in [0.5, 0.6) is 0 Å². The average molecular weight is 521 g/mol. The van der Waals surface area contributed by atoms with Crippen LogP contribution in [-0.2, 0) is 4.79 Å². The van der Waals surface area contributed by atoms with Crippen LogP contribution in [0, 0.1) is 50.2 Å². The fraction of sp³-hybridized carbons (Fsp3) is 0.900. The lowest BCUT2D eigenvalue weighted by Crippen LogP contribution is -2.70. The highest BCUT2D eigenvalue weighted by Crippen LogP contribution is 2.75. The smallest absolute Gasteiger partial charge is 0.312 e. The number of allylic oxidation sites excluding steroid dienone is 2. The van der Waals surface area contributed by atoms with Gasteiger partial charge in [0.15, 0.2) is 0 Å². The van der Waals surface area contributed by atoms with Crippen LogP contribution in [0.4, 0.5) is 0 Å². The Hall–Kier alpha value is -0.990. The van der Waals surface area contributed by atoms with Crippen molar-refractivity contribution in [1.29, 1.82) is 0 Å². The number of aliphatic carboxylic acids is 1. The molecule has 3 unspecified atom stereocenters. The molecule has 0 spiro atoms. The van der Waals surface area contributed by atoms with Gasteiger partial charge in [-0.2, -0.15) is 0 Å². The van der Waals surface area contributed by atoms with Crippen molar-refractivity contribution in [1.82, 2.24) is 0 Å². The van der Waals surface area contributed by atoms with Gasteiger partial charge in [-0.3, -0.25) is 4.79 Å². The molecule has 5 aliphatic rings. The van der Waals surface area contributed by atoms with Crippen LogP contribution < -0.4 is 0 Å². The number of fused-ring (bicyclic) bond motifs is 7. The molecule has 0 aromatic rings. The van der Waals surface area contributed by atoms with Crippen LogP contribution >= 0.6 is 0 Å². The van der Waals surface area contributed by atoms with E-state index < -0.39 is 45.9 Å². The molecule has 0 amide bonds. The first-order chi connectivity index (χ1) is 17.1. The molecule has 0 aromatic heterocycles. The molecule has 4 saturated carbocycles. The summed E-state index contributed by atoms with van der Waals surface area (Å²) >= 11 is 0. The predicted molar refractivity (Wildman–Crippen MR) is 138 cm³/mol. The fourth-order valence-electron chi connectivity index (χ4n) is 10.9. The Bertz CT molecular complexity index is 986. The van der Waals surface area contributed by atoms with Crippen molar-refractivity contribution in [2.75, 3.05) is 13.2 Å². The third-order valence-electron chi connectivity index (χ3n) is 13.2. The number of carboxylic acid groups (broad SMARTS) is 1. The molecule has 10 atom stereocenters. The van der Waals surface area contributed by atoms with Gasteiger partial charge in [-0.15, -0.1) is 0 Å². The van der Waals surface area contributed by atoms with Crippen molar-refractivity contribution < 1.29 is 35.4 Å². The van der Waals surface area contributed by atoms with E-state index >= 15 is 0 Å². The summed E-state index contributed by atoms with van der Waals surface area (Å²) < 4.78 is 0. The van der Waals surface area contributed by atoms with Gasteiger partial charge in [-0.05, 0) is 90.8 Å². The van der Waals surface area contributed by atoms with Gasteiger partial charge in [0.2, 0.25) is 0 Å². The third-order valence-corrected chi connectivity index (χ3v) is 13.2. The van der Waals surface area contributed by atoms with E-state index in [1.54, 1.807) is 0 Å². The quantitative estimate of drug-likeness (QED) is 0.314. The highest BCUT2D eigenvalue weighted by molar-refractivity contribution is 5.77. The number of carbonyl (C=O) groups is 1. The normalized spacial score (nSPS) is 52.1. The maximum absolute atomic E-state index is 12.8. The van der Waals surface area contributed by atoms with Crippen LogP contribution in [-0.4, -0.2) is 68.1 Å². The lowest BCUT2D eigenvalue weighted by atomic mass is 9.33. The Morgan fingerprint density at radius 1 is 0.919 bits per heavy atom. The SMILES string of the molecule is CC1(C)CC[C@]2(C(=O)O)C(O)C[C@]3(C)C(=CC[C@H]4[C@@]5(C)CC(O)C(O)C(CO)(CO)[C@@H]5CC[C@]43C)[C@@H]2C1. The maximum atomic E-state index is 12.8. The van der Waals surface area contributed by atoms with E-state index in [0.29, 0.717) is 25.7 Å². The Morgan fingerprint density at radius 2 is 1.57 bits per heavy atom. The molecule has 0 aliphatic heterocycles. The first-order valence-electron chi connectivity index (χ1n) is 14.3. The molecule has 210 valence electrons.